The lowest BCUT2D eigenvalue weighted by Crippen LogP contribution is -2.40. The van der Waals surface area contributed by atoms with Crippen molar-refractivity contribution < 1.29 is 9.90 Å². The monoisotopic (exact) mass is 328 g/mol. The van der Waals surface area contributed by atoms with Gasteiger partial charge in [0.1, 0.15) is 5.69 Å². The summed E-state index contributed by atoms with van der Waals surface area (Å²) in [5.41, 5.74) is -0.548. The van der Waals surface area contributed by atoms with Gasteiger partial charge in [0.15, 0.2) is 0 Å². The Morgan fingerprint density at radius 1 is 1.29 bits per heavy atom. The second-order valence-corrected chi connectivity index (χ2v) is 7.35. The number of piperidine rings is 1. The molecule has 1 aromatic heterocycles. The van der Waals surface area contributed by atoms with Crippen LogP contribution in [0.25, 0.3) is 10.8 Å². The number of H-pyrrole nitrogens is 1. The largest absolute Gasteiger partial charge is 0.390 e. The third-order valence-electron chi connectivity index (χ3n) is 4.67. The van der Waals surface area contributed by atoms with Crippen LogP contribution < -0.4 is 5.56 Å². The third kappa shape index (κ3) is 3.67. The number of hydrogen-bond acceptors (Lipinski definition) is 3. The summed E-state index contributed by atoms with van der Waals surface area (Å²) in [6.45, 7) is 4.97. The van der Waals surface area contributed by atoms with Crippen molar-refractivity contribution in [3.05, 3.63) is 46.4 Å². The zero-order valence-electron chi connectivity index (χ0n) is 14.2. The number of benzene rings is 1. The fraction of sp³-hybridized carbons (Fsp3) is 0.474. The molecule has 1 aliphatic heterocycles. The van der Waals surface area contributed by atoms with Gasteiger partial charge in [-0.1, -0.05) is 18.2 Å². The summed E-state index contributed by atoms with van der Waals surface area (Å²) in [5, 5.41) is 11.3. The molecule has 0 spiro atoms. The van der Waals surface area contributed by atoms with E-state index in [1.54, 1.807) is 17.0 Å². The number of pyridine rings is 1. The molecule has 0 unspecified atom stereocenters. The molecule has 1 aromatic carbocycles. The molecule has 0 atom stereocenters. The second kappa shape index (κ2) is 6.40. The predicted octanol–water partition coefficient (Wildman–Crippen LogP) is 2.54. The summed E-state index contributed by atoms with van der Waals surface area (Å²) in [6.07, 6.45) is 2.52. The van der Waals surface area contributed by atoms with Crippen LogP contribution in [0.1, 0.15) is 43.6 Å². The van der Waals surface area contributed by atoms with Crippen LogP contribution in [0.15, 0.2) is 35.1 Å². The molecular formula is C19H24N2O3. The summed E-state index contributed by atoms with van der Waals surface area (Å²) in [4.78, 5) is 29.3. The van der Waals surface area contributed by atoms with Gasteiger partial charge in [-0.25, -0.2) is 0 Å². The van der Waals surface area contributed by atoms with Crippen LogP contribution in [0.2, 0.25) is 0 Å². The van der Waals surface area contributed by atoms with Gasteiger partial charge in [-0.2, -0.15) is 0 Å². The molecule has 0 saturated carbocycles. The normalized spacial score (nSPS) is 16.5. The van der Waals surface area contributed by atoms with Gasteiger partial charge in [-0.3, -0.25) is 9.59 Å². The second-order valence-electron chi connectivity index (χ2n) is 7.35. The zero-order chi connectivity index (χ0) is 17.3. The summed E-state index contributed by atoms with van der Waals surface area (Å²) in [7, 11) is 0. The number of rotatable bonds is 3. The quantitative estimate of drug-likeness (QED) is 0.909. The van der Waals surface area contributed by atoms with E-state index in [-0.39, 0.29) is 11.5 Å². The van der Waals surface area contributed by atoms with E-state index in [0.29, 0.717) is 30.1 Å². The summed E-state index contributed by atoms with van der Waals surface area (Å²) < 4.78 is 0. The Bertz CT molecular complexity index is 796. The summed E-state index contributed by atoms with van der Waals surface area (Å²) in [6, 6.07) is 9.02. The molecule has 0 bridgehead atoms. The number of likely N-dealkylation sites (tertiary alicyclic amines) is 1. The lowest BCUT2D eigenvalue weighted by atomic mass is 9.86. The van der Waals surface area contributed by atoms with Crippen molar-refractivity contribution >= 4 is 16.7 Å². The van der Waals surface area contributed by atoms with Crippen LogP contribution in [0, 0.1) is 5.92 Å². The van der Waals surface area contributed by atoms with Gasteiger partial charge in [-0.15, -0.1) is 0 Å². The number of aromatic amines is 1. The third-order valence-corrected chi connectivity index (χ3v) is 4.67. The van der Waals surface area contributed by atoms with Gasteiger partial charge in [-0.05, 0) is 56.5 Å². The number of carbonyl (C=O) groups is 1. The molecular weight excluding hydrogens is 304 g/mol. The van der Waals surface area contributed by atoms with Crippen molar-refractivity contribution in [2.24, 2.45) is 5.92 Å². The number of fused-ring (bicyclic) bond motifs is 1. The molecule has 3 rings (SSSR count). The maximum absolute atomic E-state index is 12.7. The van der Waals surface area contributed by atoms with Crippen molar-refractivity contribution in [3.8, 4) is 0 Å². The molecule has 0 aliphatic carbocycles. The molecule has 1 fully saturated rings. The molecule has 2 aromatic rings. The van der Waals surface area contributed by atoms with Gasteiger partial charge in [0, 0.05) is 18.5 Å². The molecule has 1 saturated heterocycles. The minimum atomic E-state index is -0.666. The lowest BCUT2D eigenvalue weighted by Gasteiger charge is -2.34. The topological polar surface area (TPSA) is 73.4 Å². The molecule has 5 nitrogen and oxygen atoms in total. The first-order valence-corrected chi connectivity index (χ1v) is 8.47. The van der Waals surface area contributed by atoms with E-state index in [4.69, 9.17) is 0 Å². The Morgan fingerprint density at radius 3 is 2.62 bits per heavy atom. The molecule has 5 heteroatoms. The number of aromatic nitrogens is 1. The number of amides is 1. The van der Waals surface area contributed by atoms with Crippen molar-refractivity contribution in [1.29, 1.82) is 0 Å². The zero-order valence-corrected chi connectivity index (χ0v) is 14.2. The van der Waals surface area contributed by atoms with Crippen molar-refractivity contribution in [3.63, 3.8) is 0 Å². The van der Waals surface area contributed by atoms with Crippen LogP contribution in [0.4, 0.5) is 0 Å². The average molecular weight is 328 g/mol. The molecule has 2 heterocycles. The Hall–Kier alpha value is -2.14. The van der Waals surface area contributed by atoms with Crippen LogP contribution in [-0.4, -0.2) is 39.6 Å². The molecule has 128 valence electrons. The van der Waals surface area contributed by atoms with Crippen LogP contribution in [0.3, 0.4) is 0 Å². The smallest absolute Gasteiger partial charge is 0.270 e. The molecule has 1 aliphatic rings. The van der Waals surface area contributed by atoms with Crippen molar-refractivity contribution in [1.82, 2.24) is 9.88 Å². The van der Waals surface area contributed by atoms with Crippen LogP contribution in [-0.2, 0) is 0 Å². The Labute approximate surface area is 141 Å². The van der Waals surface area contributed by atoms with Gasteiger partial charge >= 0.3 is 0 Å². The van der Waals surface area contributed by atoms with Crippen LogP contribution in [0.5, 0.6) is 0 Å². The highest BCUT2D eigenvalue weighted by Gasteiger charge is 2.27. The number of nitrogens with one attached hydrogen (secondary N) is 1. The minimum Gasteiger partial charge on any atom is -0.390 e. The highest BCUT2D eigenvalue weighted by atomic mass is 16.3. The number of hydrogen-bond donors (Lipinski definition) is 2. The fourth-order valence-electron chi connectivity index (χ4n) is 3.54. The van der Waals surface area contributed by atoms with E-state index in [0.717, 1.165) is 24.6 Å². The van der Waals surface area contributed by atoms with E-state index >= 15 is 0 Å². The number of carbonyl (C=O) groups excluding carboxylic acids is 1. The first kappa shape index (κ1) is 16.7. The van der Waals surface area contributed by atoms with Gasteiger partial charge in [0.2, 0.25) is 0 Å². The molecule has 2 N–H and O–H groups in total. The van der Waals surface area contributed by atoms with Gasteiger partial charge in [0.25, 0.3) is 11.5 Å². The molecule has 24 heavy (non-hydrogen) atoms. The highest BCUT2D eigenvalue weighted by Crippen LogP contribution is 2.26. The van der Waals surface area contributed by atoms with Gasteiger partial charge < -0.3 is 15.0 Å². The Balaban J connectivity index is 1.73. The minimum absolute atomic E-state index is 0.125. The summed E-state index contributed by atoms with van der Waals surface area (Å²) >= 11 is 0. The van der Waals surface area contributed by atoms with Crippen molar-refractivity contribution in [2.45, 2.75) is 38.7 Å². The predicted molar refractivity (Wildman–Crippen MR) is 94.1 cm³/mol. The first-order valence-electron chi connectivity index (χ1n) is 8.47. The van der Waals surface area contributed by atoms with E-state index in [1.807, 2.05) is 32.0 Å². The highest BCUT2D eigenvalue weighted by molar-refractivity contribution is 5.96. The van der Waals surface area contributed by atoms with E-state index in [9.17, 15) is 14.7 Å². The molecule has 0 radical (unpaired) electrons. The fourth-order valence-corrected chi connectivity index (χ4v) is 3.54. The van der Waals surface area contributed by atoms with Gasteiger partial charge in [0.05, 0.1) is 5.60 Å². The maximum Gasteiger partial charge on any atom is 0.270 e. The molecule has 1 amide bonds. The number of aliphatic hydroxyl groups is 1. The van der Waals surface area contributed by atoms with Crippen molar-refractivity contribution in [2.75, 3.05) is 13.1 Å². The standard InChI is InChI=1S/C19H24N2O3/c1-19(2,24)12-13-7-9-21(10-8-13)18(23)16-11-14-5-3-4-6-15(14)17(22)20-16/h3-6,11,13,24H,7-10,12H2,1-2H3,(H,20,22). The van der Waals surface area contributed by atoms with Crippen LogP contribution >= 0.6 is 0 Å². The maximum atomic E-state index is 12.7. The van der Waals surface area contributed by atoms with E-state index in [2.05, 4.69) is 4.98 Å². The average Bonchev–Trinajstić information content (AvgIpc) is 2.53. The summed E-state index contributed by atoms with van der Waals surface area (Å²) in [5.74, 6) is 0.310. The Morgan fingerprint density at radius 2 is 1.96 bits per heavy atom. The first-order chi connectivity index (χ1) is 11.3. The van der Waals surface area contributed by atoms with E-state index in [1.165, 1.54) is 0 Å². The SMILES string of the molecule is CC(C)(O)CC1CCN(C(=O)c2cc3ccccc3c(=O)[nH]2)CC1. The number of nitrogens with zero attached hydrogens (tertiary/aromatic N) is 1. The Kier molecular flexibility index (Phi) is 4.45. The lowest BCUT2D eigenvalue weighted by molar-refractivity contribution is 0.0357. The van der Waals surface area contributed by atoms with E-state index < -0.39 is 5.60 Å².